The molecule has 2 aromatic rings. The molecule has 21 heavy (non-hydrogen) atoms. The summed E-state index contributed by atoms with van der Waals surface area (Å²) in [7, 11) is 1.60. The van der Waals surface area contributed by atoms with Crippen molar-refractivity contribution in [3.05, 3.63) is 64.7 Å². The first-order valence-electron chi connectivity index (χ1n) is 6.76. The molecular weight excluding hydrogens is 264 g/mol. The summed E-state index contributed by atoms with van der Waals surface area (Å²) in [6.07, 6.45) is 0. The van der Waals surface area contributed by atoms with E-state index in [1.807, 2.05) is 31.2 Å². The standard InChI is InChI=1S/C17H20N2O2/c1-12-8-9-13(2)14(10-12)11-21-19-17(18)15-6-4-5-7-16(15)20-3/h4-10H,11H2,1-3H3,(H2,18,19). The van der Waals surface area contributed by atoms with Crippen molar-refractivity contribution in [1.29, 1.82) is 0 Å². The van der Waals surface area contributed by atoms with Gasteiger partial charge in [-0.05, 0) is 37.1 Å². The van der Waals surface area contributed by atoms with Crippen LogP contribution in [0.4, 0.5) is 0 Å². The molecule has 4 heteroatoms. The molecule has 0 aromatic heterocycles. The Morgan fingerprint density at radius 2 is 1.90 bits per heavy atom. The van der Waals surface area contributed by atoms with E-state index in [2.05, 4.69) is 30.3 Å². The average molecular weight is 284 g/mol. The molecule has 110 valence electrons. The predicted octanol–water partition coefficient (Wildman–Crippen LogP) is 3.15. The van der Waals surface area contributed by atoms with Crippen LogP contribution in [-0.4, -0.2) is 12.9 Å². The number of hydrogen-bond donors (Lipinski definition) is 1. The first-order chi connectivity index (χ1) is 10.1. The van der Waals surface area contributed by atoms with Crippen molar-refractivity contribution in [2.24, 2.45) is 10.9 Å². The van der Waals surface area contributed by atoms with Crippen LogP contribution in [0, 0.1) is 13.8 Å². The summed E-state index contributed by atoms with van der Waals surface area (Å²) in [4.78, 5) is 5.38. The number of hydrogen-bond acceptors (Lipinski definition) is 3. The van der Waals surface area contributed by atoms with Gasteiger partial charge in [0.1, 0.15) is 12.4 Å². The van der Waals surface area contributed by atoms with Gasteiger partial charge in [-0.3, -0.25) is 0 Å². The maximum atomic E-state index is 5.95. The van der Waals surface area contributed by atoms with E-state index < -0.39 is 0 Å². The highest BCUT2D eigenvalue weighted by atomic mass is 16.6. The summed E-state index contributed by atoms with van der Waals surface area (Å²) in [5, 5.41) is 3.98. The highest BCUT2D eigenvalue weighted by Gasteiger charge is 2.06. The number of benzene rings is 2. The van der Waals surface area contributed by atoms with Crippen LogP contribution in [0.15, 0.2) is 47.6 Å². The van der Waals surface area contributed by atoms with Gasteiger partial charge in [-0.15, -0.1) is 0 Å². The molecule has 0 heterocycles. The van der Waals surface area contributed by atoms with Crippen LogP contribution in [0.2, 0.25) is 0 Å². The summed E-state index contributed by atoms with van der Waals surface area (Å²) in [6.45, 7) is 4.49. The highest BCUT2D eigenvalue weighted by molar-refractivity contribution is 5.99. The SMILES string of the molecule is COc1ccccc1/C(N)=N/OCc1cc(C)ccc1C. The lowest BCUT2D eigenvalue weighted by molar-refractivity contribution is 0.130. The third kappa shape index (κ3) is 3.75. The minimum atomic E-state index is 0.303. The van der Waals surface area contributed by atoms with Gasteiger partial charge in [0.2, 0.25) is 0 Å². The number of amidine groups is 1. The van der Waals surface area contributed by atoms with Gasteiger partial charge in [-0.1, -0.05) is 41.1 Å². The number of para-hydroxylation sites is 1. The molecule has 2 N–H and O–H groups in total. The van der Waals surface area contributed by atoms with Crippen LogP contribution in [0.25, 0.3) is 0 Å². The van der Waals surface area contributed by atoms with E-state index in [1.165, 1.54) is 11.1 Å². The van der Waals surface area contributed by atoms with Crippen LogP contribution in [0.1, 0.15) is 22.3 Å². The maximum Gasteiger partial charge on any atom is 0.174 e. The molecule has 0 spiro atoms. The smallest absolute Gasteiger partial charge is 0.174 e. The first kappa shape index (κ1) is 14.9. The molecule has 2 aromatic carbocycles. The zero-order valence-corrected chi connectivity index (χ0v) is 12.6. The quantitative estimate of drug-likeness (QED) is 0.521. The van der Waals surface area contributed by atoms with Crippen molar-refractivity contribution in [3.63, 3.8) is 0 Å². The molecule has 0 amide bonds. The van der Waals surface area contributed by atoms with Crippen molar-refractivity contribution in [2.75, 3.05) is 7.11 Å². The average Bonchev–Trinajstić information content (AvgIpc) is 2.50. The lowest BCUT2D eigenvalue weighted by Crippen LogP contribution is -2.15. The second-order valence-electron chi connectivity index (χ2n) is 4.88. The fraction of sp³-hybridized carbons (Fsp3) is 0.235. The largest absolute Gasteiger partial charge is 0.496 e. The second-order valence-corrected chi connectivity index (χ2v) is 4.88. The zero-order valence-electron chi connectivity index (χ0n) is 12.6. The van der Waals surface area contributed by atoms with Gasteiger partial charge in [-0.2, -0.15) is 0 Å². The van der Waals surface area contributed by atoms with Crippen LogP contribution in [0.3, 0.4) is 0 Å². The molecule has 0 fully saturated rings. The summed E-state index contributed by atoms with van der Waals surface area (Å²) in [5.74, 6) is 0.979. The predicted molar refractivity (Wildman–Crippen MR) is 84.4 cm³/mol. The molecule has 0 radical (unpaired) electrons. The second kappa shape index (κ2) is 6.79. The van der Waals surface area contributed by atoms with E-state index in [4.69, 9.17) is 15.3 Å². The Morgan fingerprint density at radius 3 is 2.67 bits per heavy atom. The molecule has 0 saturated heterocycles. The van der Waals surface area contributed by atoms with Crippen LogP contribution in [0.5, 0.6) is 5.75 Å². The van der Waals surface area contributed by atoms with Gasteiger partial charge < -0.3 is 15.3 Å². The van der Waals surface area contributed by atoms with E-state index in [1.54, 1.807) is 7.11 Å². The Balaban J connectivity index is 2.09. The van der Waals surface area contributed by atoms with E-state index in [0.717, 1.165) is 11.1 Å². The maximum absolute atomic E-state index is 5.95. The summed E-state index contributed by atoms with van der Waals surface area (Å²) >= 11 is 0. The number of methoxy groups -OCH3 is 1. The van der Waals surface area contributed by atoms with E-state index in [0.29, 0.717) is 18.2 Å². The minimum Gasteiger partial charge on any atom is -0.496 e. The molecule has 0 atom stereocenters. The lowest BCUT2D eigenvalue weighted by Gasteiger charge is -2.08. The van der Waals surface area contributed by atoms with Gasteiger partial charge in [0.05, 0.1) is 12.7 Å². The normalized spacial score (nSPS) is 11.3. The molecule has 0 bridgehead atoms. The van der Waals surface area contributed by atoms with Crippen molar-refractivity contribution in [1.82, 2.24) is 0 Å². The summed E-state index contributed by atoms with van der Waals surface area (Å²) in [5.41, 5.74) is 10.1. The fourth-order valence-corrected chi connectivity index (χ4v) is 2.03. The van der Waals surface area contributed by atoms with E-state index in [9.17, 15) is 0 Å². The molecule has 0 aliphatic heterocycles. The van der Waals surface area contributed by atoms with Crippen LogP contribution < -0.4 is 10.5 Å². The molecular formula is C17H20N2O2. The van der Waals surface area contributed by atoms with Crippen LogP contribution in [-0.2, 0) is 11.4 Å². The van der Waals surface area contributed by atoms with E-state index in [-0.39, 0.29) is 0 Å². The number of nitrogens with two attached hydrogens (primary N) is 1. The topological polar surface area (TPSA) is 56.8 Å². The number of rotatable bonds is 5. The monoisotopic (exact) mass is 284 g/mol. The van der Waals surface area contributed by atoms with Crippen molar-refractivity contribution >= 4 is 5.84 Å². The number of ether oxygens (including phenoxy) is 1. The lowest BCUT2D eigenvalue weighted by atomic mass is 10.1. The Labute approximate surface area is 125 Å². The van der Waals surface area contributed by atoms with Crippen LogP contribution >= 0.6 is 0 Å². The van der Waals surface area contributed by atoms with Gasteiger partial charge in [0, 0.05) is 0 Å². The molecule has 0 unspecified atom stereocenters. The Hall–Kier alpha value is -2.49. The Bertz CT molecular complexity index is 651. The minimum absolute atomic E-state index is 0.303. The fourth-order valence-electron chi connectivity index (χ4n) is 2.03. The van der Waals surface area contributed by atoms with E-state index >= 15 is 0 Å². The molecule has 0 aliphatic rings. The highest BCUT2D eigenvalue weighted by Crippen LogP contribution is 2.17. The zero-order chi connectivity index (χ0) is 15.2. The Kier molecular flexibility index (Phi) is 4.82. The molecule has 4 nitrogen and oxygen atoms in total. The van der Waals surface area contributed by atoms with Gasteiger partial charge in [0.25, 0.3) is 0 Å². The number of aryl methyl sites for hydroxylation is 2. The third-order valence-electron chi connectivity index (χ3n) is 3.27. The first-order valence-corrected chi connectivity index (χ1v) is 6.76. The number of nitrogens with zero attached hydrogens (tertiary/aromatic N) is 1. The van der Waals surface area contributed by atoms with Crippen molar-refractivity contribution < 1.29 is 9.57 Å². The van der Waals surface area contributed by atoms with Crippen molar-refractivity contribution in [3.8, 4) is 5.75 Å². The molecule has 0 aliphatic carbocycles. The number of oxime groups is 1. The van der Waals surface area contributed by atoms with Gasteiger partial charge in [0.15, 0.2) is 5.84 Å². The third-order valence-corrected chi connectivity index (χ3v) is 3.27. The van der Waals surface area contributed by atoms with Gasteiger partial charge >= 0.3 is 0 Å². The van der Waals surface area contributed by atoms with Gasteiger partial charge in [-0.25, -0.2) is 0 Å². The summed E-state index contributed by atoms with van der Waals surface area (Å²) in [6, 6.07) is 13.7. The molecule has 0 saturated carbocycles. The molecule has 2 rings (SSSR count). The summed E-state index contributed by atoms with van der Waals surface area (Å²) < 4.78 is 5.25. The van der Waals surface area contributed by atoms with Crippen molar-refractivity contribution in [2.45, 2.75) is 20.5 Å². The Morgan fingerprint density at radius 1 is 1.14 bits per heavy atom.